The quantitative estimate of drug-likeness (QED) is 0.699. The van der Waals surface area contributed by atoms with Crippen LogP contribution in [0.4, 0.5) is 0 Å². The molecule has 94 valence electrons. The van der Waals surface area contributed by atoms with Crippen LogP contribution in [0.15, 0.2) is 53.1 Å². The molecule has 0 unspecified atom stereocenters. The van der Waals surface area contributed by atoms with E-state index in [0.717, 1.165) is 15.4 Å². The number of rotatable bonds is 2. The number of halogens is 1. The molecule has 0 N–H and O–H groups in total. The zero-order valence-electron chi connectivity index (χ0n) is 10.3. The van der Waals surface area contributed by atoms with Crippen molar-refractivity contribution in [2.75, 3.05) is 0 Å². The lowest BCUT2D eigenvalue weighted by molar-refractivity contribution is 0.441. The number of benzene rings is 2. The molecule has 3 rings (SSSR count). The molecule has 19 heavy (non-hydrogen) atoms. The fourth-order valence-electron chi connectivity index (χ4n) is 1.79. The summed E-state index contributed by atoms with van der Waals surface area (Å²) in [7, 11) is 0. The summed E-state index contributed by atoms with van der Waals surface area (Å²) in [6.45, 7) is 2.03. The van der Waals surface area contributed by atoms with Crippen LogP contribution in [0.3, 0.4) is 0 Å². The SMILES string of the molecule is Cc1ccc(Oc2ncc3ccccc3n2)c(Br)c1. The second-order valence-electron chi connectivity index (χ2n) is 4.25. The summed E-state index contributed by atoms with van der Waals surface area (Å²) in [4.78, 5) is 8.59. The Bertz CT molecular complexity index is 743. The molecule has 3 aromatic rings. The Balaban J connectivity index is 1.96. The Hall–Kier alpha value is -1.94. The van der Waals surface area contributed by atoms with Crippen LogP contribution in [0.1, 0.15) is 5.56 Å². The molecule has 0 aliphatic heterocycles. The predicted molar refractivity (Wildman–Crippen MR) is 78.5 cm³/mol. The molecule has 4 heteroatoms. The maximum absolute atomic E-state index is 5.70. The van der Waals surface area contributed by atoms with Crippen molar-refractivity contribution in [3.05, 3.63) is 58.7 Å². The molecular formula is C15H11BrN2O. The molecule has 0 saturated carbocycles. The van der Waals surface area contributed by atoms with Crippen LogP contribution in [-0.4, -0.2) is 9.97 Å². The number of aromatic nitrogens is 2. The number of ether oxygens (including phenoxy) is 1. The molecule has 0 fully saturated rings. The molecule has 0 bridgehead atoms. The first-order valence-corrected chi connectivity index (χ1v) is 6.67. The maximum Gasteiger partial charge on any atom is 0.322 e. The number of fused-ring (bicyclic) bond motifs is 1. The minimum atomic E-state index is 0.350. The Morgan fingerprint density at radius 2 is 1.95 bits per heavy atom. The molecule has 0 radical (unpaired) electrons. The second kappa shape index (κ2) is 4.97. The van der Waals surface area contributed by atoms with E-state index in [1.807, 2.05) is 49.4 Å². The summed E-state index contributed by atoms with van der Waals surface area (Å²) in [6, 6.07) is 14.1. The van der Waals surface area contributed by atoms with Gasteiger partial charge in [0.25, 0.3) is 0 Å². The highest BCUT2D eigenvalue weighted by Gasteiger charge is 2.06. The molecule has 0 saturated heterocycles. The van der Waals surface area contributed by atoms with Crippen molar-refractivity contribution < 1.29 is 4.74 Å². The van der Waals surface area contributed by atoms with Gasteiger partial charge in [-0.1, -0.05) is 24.3 Å². The van der Waals surface area contributed by atoms with Crippen molar-refractivity contribution in [3.63, 3.8) is 0 Å². The Morgan fingerprint density at radius 3 is 2.79 bits per heavy atom. The highest BCUT2D eigenvalue weighted by molar-refractivity contribution is 9.10. The lowest BCUT2D eigenvalue weighted by Gasteiger charge is -2.07. The fourth-order valence-corrected chi connectivity index (χ4v) is 2.37. The number of hydrogen-bond donors (Lipinski definition) is 0. The first-order valence-electron chi connectivity index (χ1n) is 5.88. The molecule has 0 aliphatic carbocycles. The zero-order valence-corrected chi connectivity index (χ0v) is 11.9. The van der Waals surface area contributed by atoms with E-state index < -0.39 is 0 Å². The lowest BCUT2D eigenvalue weighted by atomic mass is 10.2. The highest BCUT2D eigenvalue weighted by atomic mass is 79.9. The van der Waals surface area contributed by atoms with E-state index in [1.54, 1.807) is 6.20 Å². The summed E-state index contributed by atoms with van der Waals surface area (Å²) < 4.78 is 6.60. The third-order valence-corrected chi connectivity index (χ3v) is 3.38. The van der Waals surface area contributed by atoms with Gasteiger partial charge in [0.2, 0.25) is 0 Å². The first-order chi connectivity index (χ1) is 9.22. The topological polar surface area (TPSA) is 35.0 Å². The van der Waals surface area contributed by atoms with Crippen LogP contribution < -0.4 is 4.74 Å². The standard InChI is InChI=1S/C15H11BrN2O/c1-10-6-7-14(12(16)8-10)19-15-17-9-11-4-2-3-5-13(11)18-15/h2-9H,1H3. The third-order valence-electron chi connectivity index (χ3n) is 2.76. The minimum Gasteiger partial charge on any atom is -0.423 e. The largest absolute Gasteiger partial charge is 0.423 e. The van der Waals surface area contributed by atoms with Crippen LogP contribution in [0, 0.1) is 6.92 Å². The van der Waals surface area contributed by atoms with Gasteiger partial charge in [0.05, 0.1) is 9.99 Å². The van der Waals surface area contributed by atoms with Gasteiger partial charge in [-0.05, 0) is 46.6 Å². The molecule has 1 heterocycles. The molecule has 0 atom stereocenters. The van der Waals surface area contributed by atoms with Crippen molar-refractivity contribution in [2.45, 2.75) is 6.92 Å². The Morgan fingerprint density at radius 1 is 1.11 bits per heavy atom. The van der Waals surface area contributed by atoms with Gasteiger partial charge >= 0.3 is 6.01 Å². The summed E-state index contributed by atoms with van der Waals surface area (Å²) >= 11 is 3.47. The Kier molecular flexibility index (Phi) is 3.17. The van der Waals surface area contributed by atoms with Crippen molar-refractivity contribution in [1.82, 2.24) is 9.97 Å². The van der Waals surface area contributed by atoms with E-state index in [2.05, 4.69) is 25.9 Å². The van der Waals surface area contributed by atoms with Gasteiger partial charge in [-0.25, -0.2) is 4.98 Å². The average Bonchev–Trinajstić information content (AvgIpc) is 2.42. The molecule has 0 amide bonds. The zero-order chi connectivity index (χ0) is 13.2. The van der Waals surface area contributed by atoms with Crippen LogP contribution in [0.5, 0.6) is 11.8 Å². The van der Waals surface area contributed by atoms with E-state index in [-0.39, 0.29) is 0 Å². The van der Waals surface area contributed by atoms with Crippen molar-refractivity contribution in [2.24, 2.45) is 0 Å². The highest BCUT2D eigenvalue weighted by Crippen LogP contribution is 2.29. The molecule has 0 aliphatic rings. The summed E-state index contributed by atoms with van der Waals surface area (Å²) in [6.07, 6.45) is 1.76. The van der Waals surface area contributed by atoms with Crippen molar-refractivity contribution >= 4 is 26.8 Å². The van der Waals surface area contributed by atoms with Gasteiger partial charge in [0, 0.05) is 11.6 Å². The predicted octanol–water partition coefficient (Wildman–Crippen LogP) is 4.49. The molecule has 2 aromatic carbocycles. The van der Waals surface area contributed by atoms with E-state index in [0.29, 0.717) is 11.8 Å². The van der Waals surface area contributed by atoms with Crippen molar-refractivity contribution in [3.8, 4) is 11.8 Å². The van der Waals surface area contributed by atoms with Gasteiger partial charge < -0.3 is 4.74 Å². The normalized spacial score (nSPS) is 10.6. The molecular weight excluding hydrogens is 304 g/mol. The summed E-state index contributed by atoms with van der Waals surface area (Å²) in [5, 5.41) is 0.998. The minimum absolute atomic E-state index is 0.350. The monoisotopic (exact) mass is 314 g/mol. The second-order valence-corrected chi connectivity index (χ2v) is 5.10. The van der Waals surface area contributed by atoms with E-state index >= 15 is 0 Å². The Labute approximate surface area is 119 Å². The van der Waals surface area contributed by atoms with Crippen LogP contribution in [0.2, 0.25) is 0 Å². The maximum atomic E-state index is 5.70. The summed E-state index contributed by atoms with van der Waals surface area (Å²) in [5.74, 6) is 0.709. The average molecular weight is 315 g/mol. The van der Waals surface area contributed by atoms with Gasteiger partial charge in [-0.2, -0.15) is 4.98 Å². The van der Waals surface area contributed by atoms with Crippen LogP contribution in [0.25, 0.3) is 10.9 Å². The number of aryl methyl sites for hydroxylation is 1. The van der Waals surface area contributed by atoms with Gasteiger partial charge in [-0.15, -0.1) is 0 Å². The molecule has 3 nitrogen and oxygen atoms in total. The first kappa shape index (κ1) is 12.1. The van der Waals surface area contributed by atoms with Gasteiger partial charge in [0.1, 0.15) is 5.75 Å². The van der Waals surface area contributed by atoms with Gasteiger partial charge in [0.15, 0.2) is 0 Å². The van der Waals surface area contributed by atoms with Crippen LogP contribution >= 0.6 is 15.9 Å². The fraction of sp³-hybridized carbons (Fsp3) is 0.0667. The number of nitrogens with zero attached hydrogens (tertiary/aromatic N) is 2. The smallest absolute Gasteiger partial charge is 0.322 e. The van der Waals surface area contributed by atoms with E-state index in [9.17, 15) is 0 Å². The number of hydrogen-bond acceptors (Lipinski definition) is 3. The summed E-state index contributed by atoms with van der Waals surface area (Å²) in [5.41, 5.74) is 2.04. The van der Waals surface area contributed by atoms with E-state index in [4.69, 9.17) is 4.74 Å². The molecule has 1 aromatic heterocycles. The third kappa shape index (κ3) is 2.58. The van der Waals surface area contributed by atoms with Gasteiger partial charge in [-0.3, -0.25) is 0 Å². The van der Waals surface area contributed by atoms with E-state index in [1.165, 1.54) is 5.56 Å². The number of para-hydroxylation sites is 1. The molecule has 0 spiro atoms. The van der Waals surface area contributed by atoms with Crippen molar-refractivity contribution in [1.29, 1.82) is 0 Å². The lowest BCUT2D eigenvalue weighted by Crippen LogP contribution is -1.93. The van der Waals surface area contributed by atoms with Crippen LogP contribution in [-0.2, 0) is 0 Å².